The predicted molar refractivity (Wildman–Crippen MR) is 89.5 cm³/mol. The van der Waals surface area contributed by atoms with Gasteiger partial charge in [-0.05, 0) is 32.3 Å². The summed E-state index contributed by atoms with van der Waals surface area (Å²) in [6, 6.07) is 10.3. The van der Waals surface area contributed by atoms with E-state index in [1.54, 1.807) is 0 Å². The fourth-order valence-electron chi connectivity index (χ4n) is 2.39. The molecule has 3 rings (SSSR count). The number of carbonyl (C=O) groups excluding carboxylic acids is 1. The van der Waals surface area contributed by atoms with Gasteiger partial charge >= 0.3 is 5.97 Å². The smallest absolute Gasteiger partial charge is 0.316 e. The van der Waals surface area contributed by atoms with Gasteiger partial charge in [0.1, 0.15) is 5.82 Å². The molecule has 0 N–H and O–H groups in total. The van der Waals surface area contributed by atoms with Gasteiger partial charge in [-0.2, -0.15) is 0 Å². The number of nitrogens with zero attached hydrogens (tertiary/aromatic N) is 3. The van der Waals surface area contributed by atoms with E-state index in [2.05, 4.69) is 26.9 Å². The van der Waals surface area contributed by atoms with E-state index in [4.69, 9.17) is 4.74 Å². The number of aromatic nitrogens is 3. The molecular weight excluding hydrogens is 310 g/mol. The van der Waals surface area contributed by atoms with Gasteiger partial charge in [0.15, 0.2) is 5.16 Å². The fraction of sp³-hybridized carbons (Fsp3) is 0.471. The molecule has 0 saturated heterocycles. The highest BCUT2D eigenvalue weighted by molar-refractivity contribution is 7.99. The molecule has 0 atom stereocenters. The van der Waals surface area contributed by atoms with E-state index in [9.17, 15) is 4.79 Å². The lowest BCUT2D eigenvalue weighted by atomic mass is 10.2. The Bertz CT molecular complexity index is 666. The van der Waals surface area contributed by atoms with Crippen molar-refractivity contribution in [1.82, 2.24) is 14.8 Å². The predicted octanol–water partition coefficient (Wildman–Crippen LogP) is 3.25. The molecular formula is C17H21N3O2S. The summed E-state index contributed by atoms with van der Waals surface area (Å²) in [5, 5.41) is 9.43. The summed E-state index contributed by atoms with van der Waals surface area (Å²) in [5.74, 6) is 1.60. The maximum Gasteiger partial charge on any atom is 0.316 e. The van der Waals surface area contributed by atoms with Crippen molar-refractivity contribution in [3.63, 3.8) is 0 Å². The van der Waals surface area contributed by atoms with E-state index < -0.39 is 0 Å². The van der Waals surface area contributed by atoms with Gasteiger partial charge in [-0.25, -0.2) is 0 Å². The van der Waals surface area contributed by atoms with Gasteiger partial charge in [-0.15, -0.1) is 10.2 Å². The average Bonchev–Trinajstić information content (AvgIpc) is 3.28. The molecule has 0 aliphatic heterocycles. The minimum atomic E-state index is -0.216. The second-order valence-corrected chi connectivity index (χ2v) is 6.96. The first-order valence-corrected chi connectivity index (χ1v) is 8.91. The molecule has 1 aliphatic rings. The lowest BCUT2D eigenvalue weighted by Gasteiger charge is -2.10. The van der Waals surface area contributed by atoms with Gasteiger partial charge in [-0.3, -0.25) is 4.79 Å². The minimum Gasteiger partial charge on any atom is -0.462 e. The van der Waals surface area contributed by atoms with Crippen LogP contribution in [0.25, 0.3) is 0 Å². The van der Waals surface area contributed by atoms with Crippen LogP contribution in [-0.2, 0) is 16.1 Å². The topological polar surface area (TPSA) is 57.0 Å². The van der Waals surface area contributed by atoms with Crippen LogP contribution in [-0.4, -0.2) is 32.6 Å². The number of hydrogen-bond acceptors (Lipinski definition) is 5. The Kier molecular flexibility index (Phi) is 5.00. The third-order valence-electron chi connectivity index (χ3n) is 3.56. The fourth-order valence-corrected chi connectivity index (χ4v) is 3.11. The Labute approximate surface area is 140 Å². The molecule has 1 aromatic heterocycles. The Balaban J connectivity index is 1.73. The third-order valence-corrected chi connectivity index (χ3v) is 4.50. The van der Waals surface area contributed by atoms with Crippen LogP contribution in [0.1, 0.15) is 44.0 Å². The molecule has 2 aromatic rings. The molecule has 0 bridgehead atoms. The largest absolute Gasteiger partial charge is 0.462 e. The van der Waals surface area contributed by atoms with E-state index in [1.165, 1.54) is 30.2 Å². The molecule has 122 valence electrons. The SMILES string of the molecule is CC(C)OC(=O)CSc1nnc(C2CC2)n1Cc1ccccc1. The van der Waals surface area contributed by atoms with Crippen LogP contribution < -0.4 is 0 Å². The molecule has 1 aliphatic carbocycles. The maximum atomic E-state index is 11.7. The summed E-state index contributed by atoms with van der Waals surface area (Å²) in [5.41, 5.74) is 1.21. The third kappa shape index (κ3) is 4.34. The number of rotatable bonds is 7. The van der Waals surface area contributed by atoms with Crippen molar-refractivity contribution >= 4 is 17.7 Å². The first-order valence-electron chi connectivity index (χ1n) is 7.93. The lowest BCUT2D eigenvalue weighted by Crippen LogP contribution is -2.14. The summed E-state index contributed by atoms with van der Waals surface area (Å²) in [6.07, 6.45) is 2.26. The number of carbonyl (C=O) groups is 1. The normalized spacial score (nSPS) is 14.2. The number of benzene rings is 1. The first kappa shape index (κ1) is 16.1. The lowest BCUT2D eigenvalue weighted by molar-refractivity contribution is -0.144. The van der Waals surface area contributed by atoms with Crippen molar-refractivity contribution in [2.24, 2.45) is 0 Å². The second-order valence-electron chi connectivity index (χ2n) is 6.01. The molecule has 1 heterocycles. The van der Waals surface area contributed by atoms with Crippen molar-refractivity contribution in [2.75, 3.05) is 5.75 Å². The van der Waals surface area contributed by atoms with Crippen LogP contribution in [0.4, 0.5) is 0 Å². The number of hydrogen-bond donors (Lipinski definition) is 0. The first-order chi connectivity index (χ1) is 11.1. The van der Waals surface area contributed by atoms with Gasteiger partial charge in [0, 0.05) is 5.92 Å². The van der Waals surface area contributed by atoms with E-state index in [-0.39, 0.29) is 17.8 Å². The molecule has 0 spiro atoms. The van der Waals surface area contributed by atoms with Crippen LogP contribution in [0.2, 0.25) is 0 Å². The Morgan fingerprint density at radius 2 is 2.04 bits per heavy atom. The maximum absolute atomic E-state index is 11.7. The molecule has 1 aromatic carbocycles. The molecule has 5 nitrogen and oxygen atoms in total. The Morgan fingerprint density at radius 1 is 1.30 bits per heavy atom. The molecule has 6 heteroatoms. The Morgan fingerprint density at radius 3 is 2.70 bits per heavy atom. The summed E-state index contributed by atoms with van der Waals surface area (Å²) < 4.78 is 7.32. The van der Waals surface area contributed by atoms with Crippen molar-refractivity contribution < 1.29 is 9.53 Å². The number of ether oxygens (including phenoxy) is 1. The molecule has 0 unspecified atom stereocenters. The van der Waals surface area contributed by atoms with Gasteiger partial charge in [0.25, 0.3) is 0 Å². The monoisotopic (exact) mass is 331 g/mol. The van der Waals surface area contributed by atoms with E-state index in [1.807, 2.05) is 32.0 Å². The van der Waals surface area contributed by atoms with Crippen LogP contribution in [0.15, 0.2) is 35.5 Å². The molecule has 23 heavy (non-hydrogen) atoms. The van der Waals surface area contributed by atoms with Gasteiger partial charge in [-0.1, -0.05) is 42.1 Å². The number of thioether (sulfide) groups is 1. The Hall–Kier alpha value is -1.82. The highest BCUT2D eigenvalue weighted by atomic mass is 32.2. The molecule has 1 fully saturated rings. The highest BCUT2D eigenvalue weighted by Crippen LogP contribution is 2.40. The van der Waals surface area contributed by atoms with Gasteiger partial charge in [0.05, 0.1) is 18.4 Å². The van der Waals surface area contributed by atoms with Crippen molar-refractivity contribution in [2.45, 2.75) is 50.4 Å². The van der Waals surface area contributed by atoms with E-state index in [0.717, 1.165) is 17.5 Å². The van der Waals surface area contributed by atoms with Crippen molar-refractivity contribution in [1.29, 1.82) is 0 Å². The molecule has 0 radical (unpaired) electrons. The summed E-state index contributed by atoms with van der Waals surface area (Å²) >= 11 is 1.40. The molecule has 1 saturated carbocycles. The summed E-state index contributed by atoms with van der Waals surface area (Å²) in [4.78, 5) is 11.7. The van der Waals surface area contributed by atoms with Crippen LogP contribution >= 0.6 is 11.8 Å². The minimum absolute atomic E-state index is 0.0905. The van der Waals surface area contributed by atoms with Gasteiger partial charge in [0.2, 0.25) is 0 Å². The quantitative estimate of drug-likeness (QED) is 0.576. The van der Waals surface area contributed by atoms with E-state index in [0.29, 0.717) is 5.92 Å². The number of esters is 1. The van der Waals surface area contributed by atoms with Crippen LogP contribution in [0, 0.1) is 0 Å². The zero-order chi connectivity index (χ0) is 16.2. The second kappa shape index (κ2) is 7.17. The van der Waals surface area contributed by atoms with Crippen molar-refractivity contribution in [3.8, 4) is 0 Å². The summed E-state index contributed by atoms with van der Waals surface area (Å²) in [6.45, 7) is 4.44. The van der Waals surface area contributed by atoms with Crippen LogP contribution in [0.3, 0.4) is 0 Å². The molecule has 0 amide bonds. The zero-order valence-electron chi connectivity index (χ0n) is 13.4. The zero-order valence-corrected chi connectivity index (χ0v) is 14.3. The summed E-state index contributed by atoms with van der Waals surface area (Å²) in [7, 11) is 0. The standard InChI is InChI=1S/C17H21N3O2S/c1-12(2)22-15(21)11-23-17-19-18-16(14-8-9-14)20(17)10-13-6-4-3-5-7-13/h3-7,12,14H,8-11H2,1-2H3. The average molecular weight is 331 g/mol. The van der Waals surface area contributed by atoms with Gasteiger partial charge < -0.3 is 9.30 Å². The van der Waals surface area contributed by atoms with Crippen molar-refractivity contribution in [3.05, 3.63) is 41.7 Å². The van der Waals surface area contributed by atoms with Crippen LogP contribution in [0.5, 0.6) is 0 Å². The van der Waals surface area contributed by atoms with E-state index >= 15 is 0 Å². The highest BCUT2D eigenvalue weighted by Gasteiger charge is 2.30.